The SMILES string of the molecule is Cc1ccc(CN=S(=O)(F)c2ccccc2C)cc1. The summed E-state index contributed by atoms with van der Waals surface area (Å²) < 4.78 is 30.0. The Bertz CT molecular complexity index is 686. The Morgan fingerprint density at radius 1 is 1.05 bits per heavy atom. The van der Waals surface area contributed by atoms with E-state index < -0.39 is 10.1 Å². The molecule has 0 saturated carbocycles. The van der Waals surface area contributed by atoms with Crippen molar-refractivity contribution in [3.8, 4) is 0 Å². The molecule has 2 aromatic rings. The van der Waals surface area contributed by atoms with Crippen molar-refractivity contribution < 1.29 is 8.09 Å². The number of hydrogen-bond donors (Lipinski definition) is 0. The summed E-state index contributed by atoms with van der Waals surface area (Å²) >= 11 is 0. The van der Waals surface area contributed by atoms with E-state index >= 15 is 0 Å². The Morgan fingerprint density at radius 3 is 2.32 bits per heavy atom. The summed E-state index contributed by atoms with van der Waals surface area (Å²) in [4.78, 5) is 0.169. The van der Waals surface area contributed by atoms with E-state index in [9.17, 15) is 8.09 Å². The van der Waals surface area contributed by atoms with Crippen molar-refractivity contribution in [1.29, 1.82) is 0 Å². The average molecular weight is 277 g/mol. The van der Waals surface area contributed by atoms with Gasteiger partial charge in [0.15, 0.2) is 0 Å². The zero-order valence-electron chi connectivity index (χ0n) is 11.0. The van der Waals surface area contributed by atoms with Gasteiger partial charge >= 0.3 is 0 Å². The predicted molar refractivity (Wildman–Crippen MR) is 76.0 cm³/mol. The highest BCUT2D eigenvalue weighted by Gasteiger charge is 2.12. The van der Waals surface area contributed by atoms with Gasteiger partial charge in [-0.15, -0.1) is 3.89 Å². The van der Waals surface area contributed by atoms with Crippen LogP contribution in [0.15, 0.2) is 57.8 Å². The first kappa shape index (κ1) is 13.7. The molecular weight excluding hydrogens is 261 g/mol. The second-order valence-electron chi connectivity index (χ2n) is 4.50. The van der Waals surface area contributed by atoms with Crippen LogP contribution in [0.25, 0.3) is 0 Å². The third kappa shape index (κ3) is 3.41. The maximum Gasteiger partial charge on any atom is 0.231 e. The predicted octanol–water partition coefficient (Wildman–Crippen LogP) is 4.22. The molecule has 0 fully saturated rings. The molecule has 100 valence electrons. The van der Waals surface area contributed by atoms with Crippen molar-refractivity contribution in [2.24, 2.45) is 4.36 Å². The van der Waals surface area contributed by atoms with Crippen molar-refractivity contribution in [2.45, 2.75) is 25.3 Å². The van der Waals surface area contributed by atoms with Gasteiger partial charge in [-0.3, -0.25) is 0 Å². The molecule has 2 aromatic carbocycles. The molecule has 0 bridgehead atoms. The molecule has 0 radical (unpaired) electrons. The molecule has 4 heteroatoms. The van der Waals surface area contributed by atoms with Crippen LogP contribution in [0.1, 0.15) is 16.7 Å². The van der Waals surface area contributed by atoms with Crippen LogP contribution in [0.3, 0.4) is 0 Å². The van der Waals surface area contributed by atoms with E-state index in [1.165, 1.54) is 6.07 Å². The minimum atomic E-state index is -3.82. The quantitative estimate of drug-likeness (QED) is 0.772. The van der Waals surface area contributed by atoms with Crippen molar-refractivity contribution in [2.75, 3.05) is 0 Å². The summed E-state index contributed by atoms with van der Waals surface area (Å²) in [5.41, 5.74) is 2.64. The van der Waals surface area contributed by atoms with Gasteiger partial charge in [0.05, 0.1) is 11.4 Å². The molecule has 0 spiro atoms. The third-order valence-electron chi connectivity index (χ3n) is 2.90. The highest BCUT2D eigenvalue weighted by molar-refractivity contribution is 7.88. The molecule has 1 unspecified atom stereocenters. The highest BCUT2D eigenvalue weighted by atomic mass is 32.3. The molecule has 0 heterocycles. The van der Waals surface area contributed by atoms with Gasteiger partial charge in [0, 0.05) is 0 Å². The maximum atomic E-state index is 14.2. The Hall–Kier alpha value is -1.68. The largest absolute Gasteiger partial charge is 0.231 e. The third-order valence-corrected chi connectivity index (χ3v) is 4.36. The molecule has 2 nitrogen and oxygen atoms in total. The Kier molecular flexibility index (Phi) is 4.00. The number of hydrogen-bond acceptors (Lipinski definition) is 2. The Morgan fingerprint density at radius 2 is 1.68 bits per heavy atom. The first-order chi connectivity index (χ1) is 8.99. The molecular formula is C15H16FNOS. The second kappa shape index (κ2) is 5.53. The van der Waals surface area contributed by atoms with Crippen molar-refractivity contribution >= 4 is 10.1 Å². The number of rotatable bonds is 3. The minimum Gasteiger partial charge on any atom is -0.211 e. The molecule has 0 N–H and O–H groups in total. The molecule has 1 atom stereocenters. The first-order valence-electron chi connectivity index (χ1n) is 6.03. The topological polar surface area (TPSA) is 29.4 Å². The van der Waals surface area contributed by atoms with Crippen LogP contribution in [0, 0.1) is 13.8 Å². The van der Waals surface area contributed by atoms with Gasteiger partial charge in [-0.25, -0.2) is 8.57 Å². The van der Waals surface area contributed by atoms with Gasteiger partial charge in [0.2, 0.25) is 10.1 Å². The lowest BCUT2D eigenvalue weighted by Gasteiger charge is -2.04. The molecule has 2 rings (SSSR count). The van der Waals surface area contributed by atoms with Crippen LogP contribution >= 0.6 is 0 Å². The maximum absolute atomic E-state index is 14.2. The summed E-state index contributed by atoms with van der Waals surface area (Å²) in [7, 11) is -3.82. The fourth-order valence-corrected chi connectivity index (χ4v) is 2.93. The smallest absolute Gasteiger partial charge is 0.211 e. The van der Waals surface area contributed by atoms with Crippen molar-refractivity contribution in [3.63, 3.8) is 0 Å². The number of benzene rings is 2. The molecule has 0 aromatic heterocycles. The van der Waals surface area contributed by atoms with Crippen LogP contribution in [0.4, 0.5) is 3.89 Å². The monoisotopic (exact) mass is 277 g/mol. The molecule has 0 amide bonds. The molecule has 0 saturated heterocycles. The minimum absolute atomic E-state index is 0.115. The highest BCUT2D eigenvalue weighted by Crippen LogP contribution is 2.20. The van der Waals surface area contributed by atoms with E-state index in [0.29, 0.717) is 5.56 Å². The van der Waals surface area contributed by atoms with Gasteiger partial charge in [-0.1, -0.05) is 48.0 Å². The number of nitrogens with zero attached hydrogens (tertiary/aromatic N) is 1. The van der Waals surface area contributed by atoms with Crippen LogP contribution in [0.2, 0.25) is 0 Å². The van der Waals surface area contributed by atoms with Crippen LogP contribution in [-0.2, 0) is 16.7 Å². The second-order valence-corrected chi connectivity index (χ2v) is 6.11. The molecule has 0 aliphatic rings. The average Bonchev–Trinajstić information content (AvgIpc) is 2.38. The Labute approximate surface area is 113 Å². The molecule has 19 heavy (non-hydrogen) atoms. The fourth-order valence-electron chi connectivity index (χ4n) is 1.76. The van der Waals surface area contributed by atoms with E-state index in [0.717, 1.165) is 11.1 Å². The molecule has 0 aliphatic heterocycles. The summed E-state index contributed by atoms with van der Waals surface area (Å²) in [5, 5.41) is 0. The van der Waals surface area contributed by atoms with E-state index in [4.69, 9.17) is 0 Å². The van der Waals surface area contributed by atoms with E-state index in [-0.39, 0.29) is 11.4 Å². The lowest BCUT2D eigenvalue weighted by Crippen LogP contribution is -1.96. The Balaban J connectivity index is 2.30. The fraction of sp³-hybridized carbons (Fsp3) is 0.200. The zero-order valence-corrected chi connectivity index (χ0v) is 11.8. The van der Waals surface area contributed by atoms with E-state index in [2.05, 4.69) is 4.36 Å². The standard InChI is InChI=1S/C15H16FNOS/c1-12-7-9-14(10-8-12)11-17-19(16,18)15-6-4-3-5-13(15)2/h3-10H,11H2,1-2H3. The van der Waals surface area contributed by atoms with E-state index in [1.807, 2.05) is 31.2 Å². The normalized spacial score (nSPS) is 13.8. The lowest BCUT2D eigenvalue weighted by atomic mass is 10.2. The summed E-state index contributed by atoms with van der Waals surface area (Å²) in [6.45, 7) is 3.83. The zero-order chi connectivity index (χ0) is 13.9. The van der Waals surface area contributed by atoms with E-state index in [1.54, 1.807) is 25.1 Å². The molecule has 0 aliphatic carbocycles. The number of aryl methyl sites for hydroxylation is 2. The van der Waals surface area contributed by atoms with Crippen LogP contribution in [0.5, 0.6) is 0 Å². The number of halogens is 1. The van der Waals surface area contributed by atoms with Gasteiger partial charge in [-0.05, 0) is 31.0 Å². The summed E-state index contributed by atoms with van der Waals surface area (Å²) in [5.74, 6) is 0. The van der Waals surface area contributed by atoms with Gasteiger partial charge in [0.25, 0.3) is 0 Å². The van der Waals surface area contributed by atoms with Gasteiger partial charge < -0.3 is 0 Å². The summed E-state index contributed by atoms with van der Waals surface area (Å²) in [6.07, 6.45) is 0. The van der Waals surface area contributed by atoms with Crippen LogP contribution in [-0.4, -0.2) is 4.21 Å². The summed E-state index contributed by atoms with van der Waals surface area (Å²) in [6, 6.07) is 14.3. The van der Waals surface area contributed by atoms with Crippen LogP contribution < -0.4 is 0 Å². The van der Waals surface area contributed by atoms with Gasteiger partial charge in [0.1, 0.15) is 0 Å². The van der Waals surface area contributed by atoms with Gasteiger partial charge in [-0.2, -0.15) is 0 Å². The lowest BCUT2D eigenvalue weighted by molar-refractivity contribution is 0.634. The van der Waals surface area contributed by atoms with Crippen molar-refractivity contribution in [1.82, 2.24) is 0 Å². The first-order valence-corrected chi connectivity index (χ1v) is 7.44. The van der Waals surface area contributed by atoms with Crippen molar-refractivity contribution in [3.05, 3.63) is 65.2 Å².